The van der Waals surface area contributed by atoms with E-state index in [1.807, 2.05) is 0 Å². The van der Waals surface area contributed by atoms with Gasteiger partial charge in [-0.2, -0.15) is 0 Å². The minimum atomic E-state index is -0.240. The van der Waals surface area contributed by atoms with E-state index in [2.05, 4.69) is 13.8 Å². The Bertz CT molecular complexity index is 1030. The Morgan fingerprint density at radius 1 is 0.619 bits per heavy atom. The van der Waals surface area contributed by atoms with Gasteiger partial charge in [-0.1, -0.05) is 52.4 Å². The number of ether oxygens (including phenoxy) is 2. The van der Waals surface area contributed by atoms with Crippen LogP contribution in [0.4, 0.5) is 0 Å². The Morgan fingerprint density at radius 3 is 1.43 bits per heavy atom. The third-order valence-corrected chi connectivity index (χ3v) is 12.0. The molecule has 0 bridgehead atoms. The highest BCUT2D eigenvalue weighted by Crippen LogP contribution is 2.44. The van der Waals surface area contributed by atoms with Gasteiger partial charge in [0.05, 0.1) is 17.4 Å². The van der Waals surface area contributed by atoms with E-state index in [9.17, 15) is 14.4 Å². The molecule has 0 aliphatic heterocycles. The molecule has 5 nitrogen and oxygen atoms in total. The smallest absolute Gasteiger partial charge is 0.314 e. The SMILES string of the molecule is CCC1CCC([C@H]2CC[C@H](C(=O)Oc3ccc(OC(=O)[C@H]4CC[C@H](C5CCC(CC)CC5)CC4)c(C=O)c3)CC2)CC1. The van der Waals surface area contributed by atoms with Crippen molar-refractivity contribution in [3.8, 4) is 11.5 Å². The lowest BCUT2D eigenvalue weighted by atomic mass is 9.69. The fraction of sp³-hybridized carbons (Fsp3) is 0.757. The van der Waals surface area contributed by atoms with Crippen LogP contribution < -0.4 is 9.47 Å². The molecule has 0 amide bonds. The molecule has 0 saturated heterocycles. The summed E-state index contributed by atoms with van der Waals surface area (Å²) in [6, 6.07) is 4.79. The number of carbonyl (C=O) groups excluding carboxylic acids is 3. The van der Waals surface area contributed by atoms with E-state index < -0.39 is 0 Å². The first-order valence-electron chi connectivity index (χ1n) is 17.5. The quantitative estimate of drug-likeness (QED) is 0.166. The van der Waals surface area contributed by atoms with Crippen molar-refractivity contribution in [2.45, 2.75) is 129 Å². The average molecular weight is 579 g/mol. The number of hydrogen-bond acceptors (Lipinski definition) is 5. The summed E-state index contributed by atoms with van der Waals surface area (Å²) in [6.45, 7) is 4.62. The van der Waals surface area contributed by atoms with Gasteiger partial charge >= 0.3 is 11.9 Å². The predicted molar refractivity (Wildman–Crippen MR) is 165 cm³/mol. The van der Waals surface area contributed by atoms with E-state index in [1.165, 1.54) is 70.3 Å². The van der Waals surface area contributed by atoms with Gasteiger partial charge in [0.2, 0.25) is 0 Å². The normalized spacial score (nSPS) is 33.9. The summed E-state index contributed by atoms with van der Waals surface area (Å²) in [5.41, 5.74) is 0.251. The van der Waals surface area contributed by atoms with E-state index in [4.69, 9.17) is 9.47 Å². The molecule has 0 atom stereocenters. The van der Waals surface area contributed by atoms with Crippen molar-refractivity contribution in [3.63, 3.8) is 0 Å². The van der Waals surface area contributed by atoms with Crippen LogP contribution in [0.5, 0.6) is 11.5 Å². The van der Waals surface area contributed by atoms with Crippen LogP contribution in [-0.4, -0.2) is 18.2 Å². The first-order valence-corrected chi connectivity index (χ1v) is 17.5. The van der Waals surface area contributed by atoms with Crippen LogP contribution in [0, 0.1) is 47.3 Å². The summed E-state index contributed by atoms with van der Waals surface area (Å²) in [5.74, 6) is 4.94. The number of esters is 2. The third kappa shape index (κ3) is 7.85. The van der Waals surface area contributed by atoms with Crippen LogP contribution in [0.15, 0.2) is 18.2 Å². The fourth-order valence-electron chi connectivity index (χ4n) is 8.95. The van der Waals surface area contributed by atoms with Gasteiger partial charge in [-0.05, 0) is 131 Å². The maximum atomic E-state index is 13.0. The van der Waals surface area contributed by atoms with E-state index in [0.717, 1.165) is 86.9 Å². The Kier molecular flexibility index (Phi) is 11.2. The van der Waals surface area contributed by atoms with Crippen LogP contribution in [0.2, 0.25) is 0 Å². The zero-order chi connectivity index (χ0) is 29.5. The molecule has 42 heavy (non-hydrogen) atoms. The molecule has 0 unspecified atom stereocenters. The Labute approximate surface area is 253 Å². The molecular formula is C37H54O5. The molecule has 5 heteroatoms. The van der Waals surface area contributed by atoms with Gasteiger partial charge in [0.1, 0.15) is 11.5 Å². The fourth-order valence-corrected chi connectivity index (χ4v) is 8.95. The molecule has 4 fully saturated rings. The van der Waals surface area contributed by atoms with Crippen molar-refractivity contribution in [1.29, 1.82) is 0 Å². The van der Waals surface area contributed by atoms with Gasteiger partial charge in [0.15, 0.2) is 6.29 Å². The van der Waals surface area contributed by atoms with Gasteiger partial charge in [0, 0.05) is 0 Å². The minimum absolute atomic E-state index is 0.0813. The van der Waals surface area contributed by atoms with Crippen molar-refractivity contribution in [1.82, 2.24) is 0 Å². The van der Waals surface area contributed by atoms with E-state index in [0.29, 0.717) is 12.0 Å². The number of aldehydes is 1. The third-order valence-electron chi connectivity index (χ3n) is 12.0. The summed E-state index contributed by atoms with van der Waals surface area (Å²) in [6.07, 6.45) is 22.1. The topological polar surface area (TPSA) is 69.7 Å². The zero-order valence-corrected chi connectivity index (χ0v) is 26.2. The first kappa shape index (κ1) is 31.3. The number of rotatable bonds is 9. The summed E-state index contributed by atoms with van der Waals surface area (Å²) in [5, 5.41) is 0. The predicted octanol–water partition coefficient (Wildman–Crippen LogP) is 9.36. The van der Waals surface area contributed by atoms with Crippen molar-refractivity contribution >= 4 is 18.2 Å². The number of benzene rings is 1. The van der Waals surface area contributed by atoms with Gasteiger partial charge in [-0.15, -0.1) is 0 Å². The average Bonchev–Trinajstić information content (AvgIpc) is 3.05. The summed E-state index contributed by atoms with van der Waals surface area (Å²) in [7, 11) is 0. The molecule has 4 aliphatic rings. The lowest BCUT2D eigenvalue weighted by molar-refractivity contribution is -0.141. The summed E-state index contributed by atoms with van der Waals surface area (Å²) in [4.78, 5) is 37.9. The van der Waals surface area contributed by atoms with Crippen molar-refractivity contribution in [3.05, 3.63) is 23.8 Å². The molecule has 232 valence electrons. The summed E-state index contributed by atoms with van der Waals surface area (Å²) >= 11 is 0. The van der Waals surface area contributed by atoms with E-state index in [1.54, 1.807) is 12.1 Å². The highest BCUT2D eigenvalue weighted by atomic mass is 16.5. The van der Waals surface area contributed by atoms with Crippen molar-refractivity contribution in [2.24, 2.45) is 47.3 Å². The summed E-state index contributed by atoms with van der Waals surface area (Å²) < 4.78 is 11.5. The van der Waals surface area contributed by atoms with Crippen molar-refractivity contribution in [2.75, 3.05) is 0 Å². The molecular weight excluding hydrogens is 524 g/mol. The van der Waals surface area contributed by atoms with Gasteiger partial charge < -0.3 is 9.47 Å². The Balaban J connectivity index is 1.06. The Hall–Kier alpha value is -2.17. The number of hydrogen-bond donors (Lipinski definition) is 0. The molecule has 4 aliphatic carbocycles. The highest BCUT2D eigenvalue weighted by Gasteiger charge is 2.35. The minimum Gasteiger partial charge on any atom is -0.426 e. The first-order chi connectivity index (χ1) is 20.5. The molecule has 1 aromatic carbocycles. The van der Waals surface area contributed by atoms with E-state index >= 15 is 0 Å². The molecule has 1 aromatic rings. The maximum Gasteiger partial charge on any atom is 0.314 e. The van der Waals surface area contributed by atoms with Crippen LogP contribution >= 0.6 is 0 Å². The zero-order valence-electron chi connectivity index (χ0n) is 26.2. The molecule has 0 spiro atoms. The second-order valence-corrected chi connectivity index (χ2v) is 14.3. The largest absolute Gasteiger partial charge is 0.426 e. The van der Waals surface area contributed by atoms with Crippen LogP contribution in [0.25, 0.3) is 0 Å². The molecule has 4 saturated carbocycles. The van der Waals surface area contributed by atoms with E-state index in [-0.39, 0.29) is 35.1 Å². The van der Waals surface area contributed by atoms with Crippen molar-refractivity contribution < 1.29 is 23.9 Å². The van der Waals surface area contributed by atoms with Gasteiger partial charge in [0.25, 0.3) is 0 Å². The lowest BCUT2D eigenvalue weighted by Crippen LogP contribution is -2.30. The highest BCUT2D eigenvalue weighted by molar-refractivity contribution is 5.84. The molecule has 0 radical (unpaired) electrons. The monoisotopic (exact) mass is 578 g/mol. The lowest BCUT2D eigenvalue weighted by Gasteiger charge is -2.37. The van der Waals surface area contributed by atoms with Gasteiger partial charge in [-0.25, -0.2) is 0 Å². The molecule has 5 rings (SSSR count). The Morgan fingerprint density at radius 2 is 1.02 bits per heavy atom. The second kappa shape index (κ2) is 15.0. The standard InChI is InChI=1S/C37H54O5/c1-3-25-5-9-27(10-6-25)29-13-17-31(18-14-29)36(39)41-34-21-22-35(33(23-34)24-38)42-37(40)32-19-15-30(16-20-32)28-11-7-26(4-2)8-12-28/h21-32H,3-20H2,1-2H3/t25?,26?,27?,28?,29-,30-,31-,32-. The van der Waals surface area contributed by atoms with Crippen LogP contribution in [-0.2, 0) is 9.59 Å². The van der Waals surface area contributed by atoms with Gasteiger partial charge in [-0.3, -0.25) is 14.4 Å². The number of carbonyl (C=O) groups is 3. The second-order valence-electron chi connectivity index (χ2n) is 14.3. The van der Waals surface area contributed by atoms with Crippen LogP contribution in [0.3, 0.4) is 0 Å². The van der Waals surface area contributed by atoms with Crippen LogP contribution in [0.1, 0.15) is 140 Å². The molecule has 0 heterocycles. The molecule has 0 aromatic heterocycles. The molecule has 0 N–H and O–H groups in total. The maximum absolute atomic E-state index is 13.0.